The first kappa shape index (κ1) is 17.1. The van der Waals surface area contributed by atoms with Crippen LogP contribution in [0.25, 0.3) is 5.57 Å². The zero-order chi connectivity index (χ0) is 18.4. The van der Waals surface area contributed by atoms with E-state index in [-0.39, 0.29) is 0 Å². The molecule has 2 aromatic carbocycles. The summed E-state index contributed by atoms with van der Waals surface area (Å²) in [6, 6.07) is 18.1. The van der Waals surface area contributed by atoms with E-state index in [0.717, 1.165) is 6.42 Å². The topological polar surface area (TPSA) is 0 Å². The van der Waals surface area contributed by atoms with Gasteiger partial charge in [-0.2, -0.15) is 0 Å². The minimum Gasteiger partial charge on any atom is -0.0676 e. The zero-order valence-corrected chi connectivity index (χ0v) is 16.6. The van der Waals surface area contributed by atoms with E-state index in [9.17, 15) is 0 Å². The molecule has 1 unspecified atom stereocenters. The third kappa shape index (κ3) is 2.51. The summed E-state index contributed by atoms with van der Waals surface area (Å²) >= 11 is 0. The van der Waals surface area contributed by atoms with Gasteiger partial charge in [-0.15, -0.1) is 0 Å². The second-order valence-electron chi connectivity index (χ2n) is 7.84. The molecule has 26 heavy (non-hydrogen) atoms. The van der Waals surface area contributed by atoms with Gasteiger partial charge in [0, 0.05) is 11.8 Å². The molecule has 0 radical (unpaired) electrons. The molecule has 2 aliphatic rings. The van der Waals surface area contributed by atoms with Crippen LogP contribution in [0.2, 0.25) is 0 Å². The van der Waals surface area contributed by atoms with Gasteiger partial charge in [0.05, 0.1) is 0 Å². The van der Waals surface area contributed by atoms with E-state index < -0.39 is 0 Å². The molecule has 0 saturated carbocycles. The van der Waals surface area contributed by atoms with Crippen LogP contribution < -0.4 is 0 Å². The lowest BCUT2D eigenvalue weighted by Crippen LogP contribution is -2.11. The maximum Gasteiger partial charge on any atom is 0.0137 e. The van der Waals surface area contributed by atoms with Crippen LogP contribution in [0.3, 0.4) is 0 Å². The Balaban J connectivity index is 1.83. The first-order valence-electron chi connectivity index (χ1n) is 9.78. The molecule has 1 atom stereocenters. The molecule has 0 N–H and O–H groups in total. The smallest absolute Gasteiger partial charge is 0.0137 e. The molecule has 0 heteroatoms. The van der Waals surface area contributed by atoms with Crippen molar-refractivity contribution in [2.75, 3.05) is 0 Å². The first-order chi connectivity index (χ1) is 12.5. The lowest BCUT2D eigenvalue weighted by molar-refractivity contribution is 0.648. The Labute approximate surface area is 158 Å². The monoisotopic (exact) mass is 340 g/mol. The predicted octanol–water partition coefficient (Wildman–Crippen LogP) is 7.08. The van der Waals surface area contributed by atoms with E-state index in [2.05, 4.69) is 89.2 Å². The summed E-state index contributed by atoms with van der Waals surface area (Å²) in [6.07, 6.45) is 3.61. The third-order valence-corrected chi connectivity index (χ3v) is 6.67. The largest absolute Gasteiger partial charge is 0.0676 e. The van der Waals surface area contributed by atoms with Crippen molar-refractivity contribution in [3.8, 4) is 0 Å². The van der Waals surface area contributed by atoms with E-state index in [1.807, 2.05) is 0 Å². The standard InChI is InChI=1S/C26H28/c1-6-20-11-13-21(14-12-20)24-15-25(23-10-8-7-9-22(23)24)26-18(4)16(2)17(3)19(26)5/h7-15,25-26H,6H2,1-5H3. The van der Waals surface area contributed by atoms with Crippen molar-refractivity contribution >= 4 is 5.57 Å². The maximum absolute atomic E-state index is 2.52. The Kier molecular flexibility index (Phi) is 4.23. The second-order valence-corrected chi connectivity index (χ2v) is 7.84. The number of allylic oxidation sites excluding steroid dienone is 5. The summed E-state index contributed by atoms with van der Waals surface area (Å²) in [5, 5.41) is 0. The van der Waals surface area contributed by atoms with Crippen LogP contribution in [0.4, 0.5) is 0 Å². The van der Waals surface area contributed by atoms with Crippen LogP contribution in [-0.2, 0) is 6.42 Å². The van der Waals surface area contributed by atoms with Crippen molar-refractivity contribution in [1.29, 1.82) is 0 Å². The summed E-state index contributed by atoms with van der Waals surface area (Å²) in [5.41, 5.74) is 13.1. The van der Waals surface area contributed by atoms with Crippen molar-refractivity contribution < 1.29 is 0 Å². The molecule has 2 aliphatic carbocycles. The average molecular weight is 341 g/mol. The van der Waals surface area contributed by atoms with Gasteiger partial charge >= 0.3 is 0 Å². The molecular weight excluding hydrogens is 312 g/mol. The van der Waals surface area contributed by atoms with E-state index in [4.69, 9.17) is 0 Å². The van der Waals surface area contributed by atoms with Crippen LogP contribution in [0, 0.1) is 5.92 Å². The van der Waals surface area contributed by atoms with Crippen molar-refractivity contribution in [3.05, 3.63) is 99.2 Å². The molecule has 0 aromatic heterocycles. The van der Waals surface area contributed by atoms with Crippen molar-refractivity contribution in [2.45, 2.75) is 47.0 Å². The number of benzene rings is 2. The fraction of sp³-hybridized carbons (Fsp3) is 0.308. The maximum atomic E-state index is 2.52. The summed E-state index contributed by atoms with van der Waals surface area (Å²) in [5.74, 6) is 0.947. The van der Waals surface area contributed by atoms with Gasteiger partial charge in [-0.25, -0.2) is 0 Å². The number of rotatable bonds is 3. The van der Waals surface area contributed by atoms with Crippen molar-refractivity contribution in [2.24, 2.45) is 5.92 Å². The summed E-state index contributed by atoms with van der Waals surface area (Å²) in [6.45, 7) is 11.4. The van der Waals surface area contributed by atoms with Gasteiger partial charge in [0.15, 0.2) is 0 Å². The summed E-state index contributed by atoms with van der Waals surface area (Å²) in [7, 11) is 0. The molecule has 0 spiro atoms. The van der Waals surface area contributed by atoms with E-state index >= 15 is 0 Å². The molecule has 0 amide bonds. The lowest BCUT2D eigenvalue weighted by Gasteiger charge is -2.23. The Morgan fingerprint density at radius 2 is 1.38 bits per heavy atom. The normalized spacial score (nSPS) is 20.0. The fourth-order valence-electron chi connectivity index (χ4n) is 4.76. The Morgan fingerprint density at radius 3 is 2.00 bits per heavy atom. The Morgan fingerprint density at radius 1 is 0.769 bits per heavy atom. The van der Waals surface area contributed by atoms with Crippen LogP contribution in [-0.4, -0.2) is 0 Å². The van der Waals surface area contributed by atoms with Gasteiger partial charge in [-0.3, -0.25) is 0 Å². The molecule has 132 valence electrons. The van der Waals surface area contributed by atoms with Crippen molar-refractivity contribution in [3.63, 3.8) is 0 Å². The number of fused-ring (bicyclic) bond motifs is 1. The number of hydrogen-bond donors (Lipinski definition) is 0. The van der Waals surface area contributed by atoms with Crippen LogP contribution in [0.5, 0.6) is 0 Å². The quantitative estimate of drug-likeness (QED) is 0.560. The summed E-state index contributed by atoms with van der Waals surface area (Å²) in [4.78, 5) is 0. The SMILES string of the molecule is CCc1ccc(C2=CC(C3C(C)=C(C)C(C)=C3C)c3ccccc32)cc1. The summed E-state index contributed by atoms with van der Waals surface area (Å²) < 4.78 is 0. The molecule has 0 nitrogen and oxygen atoms in total. The highest BCUT2D eigenvalue weighted by atomic mass is 14.4. The third-order valence-electron chi connectivity index (χ3n) is 6.67. The first-order valence-corrected chi connectivity index (χ1v) is 9.78. The average Bonchev–Trinajstić information content (AvgIpc) is 3.14. The highest BCUT2D eigenvalue weighted by Gasteiger charge is 2.35. The van der Waals surface area contributed by atoms with E-state index in [1.54, 1.807) is 11.1 Å². The van der Waals surface area contributed by atoms with Gasteiger partial charge in [0.25, 0.3) is 0 Å². The molecule has 4 rings (SSSR count). The minimum absolute atomic E-state index is 0.444. The Bertz CT molecular complexity index is 924. The second kappa shape index (κ2) is 6.43. The molecule has 0 saturated heterocycles. The van der Waals surface area contributed by atoms with E-state index in [0.29, 0.717) is 11.8 Å². The van der Waals surface area contributed by atoms with Gasteiger partial charge in [-0.1, -0.05) is 72.7 Å². The fourth-order valence-corrected chi connectivity index (χ4v) is 4.76. The zero-order valence-electron chi connectivity index (χ0n) is 16.6. The molecule has 0 heterocycles. The highest BCUT2D eigenvalue weighted by Crippen LogP contribution is 2.51. The predicted molar refractivity (Wildman–Crippen MR) is 112 cm³/mol. The molecule has 0 aliphatic heterocycles. The molecule has 0 bridgehead atoms. The minimum atomic E-state index is 0.444. The number of aryl methyl sites for hydroxylation is 1. The van der Waals surface area contributed by atoms with E-state index in [1.165, 1.54) is 39.0 Å². The van der Waals surface area contributed by atoms with Crippen LogP contribution >= 0.6 is 0 Å². The number of hydrogen-bond acceptors (Lipinski definition) is 0. The molecule has 0 fully saturated rings. The van der Waals surface area contributed by atoms with Gasteiger partial charge in [0.1, 0.15) is 0 Å². The van der Waals surface area contributed by atoms with Gasteiger partial charge in [0.2, 0.25) is 0 Å². The molecule has 2 aromatic rings. The Hall–Kier alpha value is -2.34. The highest BCUT2D eigenvalue weighted by molar-refractivity contribution is 5.86. The van der Waals surface area contributed by atoms with Crippen LogP contribution in [0.1, 0.15) is 62.8 Å². The van der Waals surface area contributed by atoms with Crippen molar-refractivity contribution in [1.82, 2.24) is 0 Å². The van der Waals surface area contributed by atoms with Gasteiger partial charge in [-0.05, 0) is 73.1 Å². The van der Waals surface area contributed by atoms with Crippen LogP contribution in [0.15, 0.2) is 76.9 Å². The molecular formula is C26H28. The lowest BCUT2D eigenvalue weighted by atomic mass is 9.81. The van der Waals surface area contributed by atoms with Gasteiger partial charge < -0.3 is 0 Å².